The van der Waals surface area contributed by atoms with Gasteiger partial charge in [-0.05, 0) is 55.7 Å². The number of fused-ring (bicyclic) bond motifs is 1. The first-order valence-corrected chi connectivity index (χ1v) is 7.48. The van der Waals surface area contributed by atoms with E-state index in [2.05, 4.69) is 36.3 Å². The average molecular weight is 244 g/mol. The normalized spacial score (nSPS) is 34.8. The molecule has 0 amide bonds. The summed E-state index contributed by atoms with van der Waals surface area (Å²) >= 11 is 0. The van der Waals surface area contributed by atoms with E-state index in [1.807, 2.05) is 6.20 Å². The van der Waals surface area contributed by atoms with E-state index in [4.69, 9.17) is 0 Å². The van der Waals surface area contributed by atoms with Crippen molar-refractivity contribution >= 4 is 0 Å². The molecule has 18 heavy (non-hydrogen) atoms. The summed E-state index contributed by atoms with van der Waals surface area (Å²) in [7, 11) is 0. The van der Waals surface area contributed by atoms with Crippen LogP contribution in [0.3, 0.4) is 0 Å². The van der Waals surface area contributed by atoms with E-state index in [0.29, 0.717) is 0 Å². The number of nitrogens with one attached hydrogen (secondary N) is 1. The molecule has 0 aromatic carbocycles. The van der Waals surface area contributed by atoms with E-state index in [0.717, 1.165) is 30.3 Å². The summed E-state index contributed by atoms with van der Waals surface area (Å²) in [6.07, 6.45) is 7.25. The molecule has 0 saturated heterocycles. The topological polar surface area (TPSA) is 24.9 Å². The molecule has 4 unspecified atom stereocenters. The fraction of sp³-hybridized carbons (Fsp3) is 0.688. The van der Waals surface area contributed by atoms with Crippen LogP contribution in [0, 0.1) is 11.8 Å². The van der Waals surface area contributed by atoms with Gasteiger partial charge in [0.2, 0.25) is 0 Å². The summed E-state index contributed by atoms with van der Waals surface area (Å²) in [6.45, 7) is 5.75. The van der Waals surface area contributed by atoms with E-state index in [1.165, 1.54) is 36.9 Å². The third-order valence-corrected chi connectivity index (χ3v) is 5.11. The molecule has 4 atom stereocenters. The summed E-state index contributed by atoms with van der Waals surface area (Å²) in [4.78, 5) is 4.67. The molecule has 1 N–H and O–H groups in total. The maximum atomic E-state index is 4.67. The number of pyridine rings is 1. The summed E-state index contributed by atoms with van der Waals surface area (Å²) in [5.74, 6) is 2.35. The minimum atomic E-state index is 0.722. The van der Waals surface area contributed by atoms with E-state index in [9.17, 15) is 0 Å². The number of aryl methyl sites for hydroxylation is 1. The molecule has 2 nitrogen and oxygen atoms in total. The fourth-order valence-corrected chi connectivity index (χ4v) is 4.17. The third kappa shape index (κ3) is 1.97. The van der Waals surface area contributed by atoms with Crippen molar-refractivity contribution in [2.24, 2.45) is 11.8 Å². The van der Waals surface area contributed by atoms with Gasteiger partial charge in [0.05, 0.1) is 0 Å². The Morgan fingerprint density at radius 1 is 1.33 bits per heavy atom. The zero-order chi connectivity index (χ0) is 12.5. The van der Waals surface area contributed by atoms with Crippen molar-refractivity contribution in [3.63, 3.8) is 0 Å². The van der Waals surface area contributed by atoms with Crippen LogP contribution in [0.2, 0.25) is 0 Å². The molecule has 0 spiro atoms. The summed E-state index contributed by atoms with van der Waals surface area (Å²) < 4.78 is 0. The molecular formula is C16H24N2. The predicted octanol–water partition coefficient (Wildman–Crippen LogP) is 3.14. The predicted molar refractivity (Wildman–Crippen MR) is 74.7 cm³/mol. The number of aromatic nitrogens is 1. The quantitative estimate of drug-likeness (QED) is 0.883. The minimum Gasteiger partial charge on any atom is -0.314 e. The Morgan fingerprint density at radius 3 is 3.06 bits per heavy atom. The van der Waals surface area contributed by atoms with Gasteiger partial charge in [0, 0.05) is 23.9 Å². The SMILES string of the molecule is CCNC1CCC(C2CCc3cccnc32)C1C. The first kappa shape index (κ1) is 12.2. The van der Waals surface area contributed by atoms with Crippen LogP contribution in [0.4, 0.5) is 0 Å². The summed E-state index contributed by atoms with van der Waals surface area (Å²) in [5, 5.41) is 3.65. The van der Waals surface area contributed by atoms with Crippen LogP contribution in [0.15, 0.2) is 18.3 Å². The Bertz CT molecular complexity index is 415. The highest BCUT2D eigenvalue weighted by Gasteiger charge is 2.40. The van der Waals surface area contributed by atoms with E-state index in [-0.39, 0.29) is 0 Å². The number of hydrogen-bond acceptors (Lipinski definition) is 2. The smallest absolute Gasteiger partial charge is 0.0469 e. The van der Waals surface area contributed by atoms with E-state index < -0.39 is 0 Å². The molecule has 0 radical (unpaired) electrons. The van der Waals surface area contributed by atoms with Crippen molar-refractivity contribution in [1.82, 2.24) is 10.3 Å². The van der Waals surface area contributed by atoms with Gasteiger partial charge in [-0.25, -0.2) is 0 Å². The molecule has 2 aliphatic rings. The maximum absolute atomic E-state index is 4.67. The maximum Gasteiger partial charge on any atom is 0.0469 e. The molecule has 1 heterocycles. The van der Waals surface area contributed by atoms with Gasteiger partial charge in [0.1, 0.15) is 0 Å². The molecule has 3 rings (SSSR count). The van der Waals surface area contributed by atoms with Crippen molar-refractivity contribution in [1.29, 1.82) is 0 Å². The van der Waals surface area contributed by atoms with Crippen molar-refractivity contribution in [3.8, 4) is 0 Å². The van der Waals surface area contributed by atoms with E-state index >= 15 is 0 Å². The van der Waals surface area contributed by atoms with Crippen LogP contribution in [0.25, 0.3) is 0 Å². The van der Waals surface area contributed by atoms with Gasteiger partial charge in [-0.1, -0.05) is 19.9 Å². The fourth-order valence-electron chi connectivity index (χ4n) is 4.17. The molecule has 1 fully saturated rings. The lowest BCUT2D eigenvalue weighted by Crippen LogP contribution is -2.33. The Hall–Kier alpha value is -0.890. The molecule has 1 aromatic heterocycles. The zero-order valence-electron chi connectivity index (χ0n) is 11.5. The Balaban J connectivity index is 1.77. The standard InChI is InChI=1S/C16H24N2/c1-3-17-15-9-8-13(11(15)2)14-7-6-12-5-4-10-18-16(12)14/h4-5,10-11,13-15,17H,3,6-9H2,1-2H3. The molecule has 2 aliphatic carbocycles. The molecule has 0 bridgehead atoms. The molecular weight excluding hydrogens is 220 g/mol. The minimum absolute atomic E-state index is 0.722. The second-order valence-electron chi connectivity index (χ2n) is 5.96. The van der Waals surface area contributed by atoms with Crippen LogP contribution in [-0.2, 0) is 6.42 Å². The van der Waals surface area contributed by atoms with Crippen LogP contribution in [-0.4, -0.2) is 17.6 Å². The molecule has 98 valence electrons. The monoisotopic (exact) mass is 244 g/mol. The van der Waals surface area contributed by atoms with Gasteiger partial charge in [-0.3, -0.25) is 4.98 Å². The largest absolute Gasteiger partial charge is 0.314 e. The van der Waals surface area contributed by atoms with Crippen LogP contribution in [0.1, 0.15) is 50.3 Å². The first-order chi connectivity index (χ1) is 8.81. The average Bonchev–Trinajstić information content (AvgIpc) is 2.95. The highest BCUT2D eigenvalue weighted by atomic mass is 14.9. The molecule has 1 aromatic rings. The lowest BCUT2D eigenvalue weighted by atomic mass is 9.82. The molecule has 0 aliphatic heterocycles. The van der Waals surface area contributed by atoms with E-state index in [1.54, 1.807) is 0 Å². The summed E-state index contributed by atoms with van der Waals surface area (Å²) in [6, 6.07) is 5.08. The van der Waals surface area contributed by atoms with Gasteiger partial charge in [-0.2, -0.15) is 0 Å². The van der Waals surface area contributed by atoms with Gasteiger partial charge in [0.25, 0.3) is 0 Å². The lowest BCUT2D eigenvalue weighted by molar-refractivity contribution is 0.305. The van der Waals surface area contributed by atoms with Crippen LogP contribution in [0.5, 0.6) is 0 Å². The van der Waals surface area contributed by atoms with Gasteiger partial charge >= 0.3 is 0 Å². The van der Waals surface area contributed by atoms with Gasteiger partial charge in [-0.15, -0.1) is 0 Å². The third-order valence-electron chi connectivity index (χ3n) is 5.11. The highest BCUT2D eigenvalue weighted by molar-refractivity contribution is 5.29. The number of rotatable bonds is 3. The van der Waals surface area contributed by atoms with Crippen molar-refractivity contribution in [2.45, 2.75) is 51.5 Å². The zero-order valence-corrected chi connectivity index (χ0v) is 11.5. The molecule has 2 heteroatoms. The van der Waals surface area contributed by atoms with Crippen LogP contribution >= 0.6 is 0 Å². The van der Waals surface area contributed by atoms with Crippen molar-refractivity contribution in [2.75, 3.05) is 6.54 Å². The number of nitrogens with zero attached hydrogens (tertiary/aromatic N) is 1. The van der Waals surface area contributed by atoms with Crippen molar-refractivity contribution < 1.29 is 0 Å². The Kier molecular flexibility index (Phi) is 3.38. The van der Waals surface area contributed by atoms with Gasteiger partial charge < -0.3 is 5.32 Å². The van der Waals surface area contributed by atoms with Crippen molar-refractivity contribution in [3.05, 3.63) is 29.6 Å². The summed E-state index contributed by atoms with van der Waals surface area (Å²) in [5.41, 5.74) is 2.91. The van der Waals surface area contributed by atoms with Crippen LogP contribution < -0.4 is 5.32 Å². The number of hydrogen-bond donors (Lipinski definition) is 1. The highest BCUT2D eigenvalue weighted by Crippen LogP contribution is 2.46. The second-order valence-corrected chi connectivity index (χ2v) is 5.96. The second kappa shape index (κ2) is 5.00. The molecule has 1 saturated carbocycles. The Labute approximate surface area is 110 Å². The van der Waals surface area contributed by atoms with Gasteiger partial charge in [0.15, 0.2) is 0 Å². The lowest BCUT2D eigenvalue weighted by Gasteiger charge is -2.26. The first-order valence-electron chi connectivity index (χ1n) is 7.48. The Morgan fingerprint density at radius 2 is 2.22 bits per heavy atom.